The normalized spacial score (nSPS) is 11.1. The van der Waals surface area contributed by atoms with Crippen LogP contribution in [0, 0.1) is 0 Å². The van der Waals surface area contributed by atoms with Gasteiger partial charge in [-0.25, -0.2) is 4.98 Å². The third-order valence-corrected chi connectivity index (χ3v) is 5.33. The van der Waals surface area contributed by atoms with E-state index in [4.69, 9.17) is 16.6 Å². The number of aromatic amines is 1. The number of H-pyrrole nitrogens is 1. The van der Waals surface area contributed by atoms with Crippen LogP contribution in [0.3, 0.4) is 0 Å². The predicted octanol–water partition coefficient (Wildman–Crippen LogP) is 6.02. The van der Waals surface area contributed by atoms with Gasteiger partial charge in [0.25, 0.3) is 0 Å². The van der Waals surface area contributed by atoms with Crippen LogP contribution in [-0.4, -0.2) is 21.0 Å². The molecule has 0 aliphatic carbocycles. The van der Waals surface area contributed by atoms with Crippen molar-refractivity contribution in [3.63, 3.8) is 0 Å². The van der Waals surface area contributed by atoms with Crippen LogP contribution in [-0.2, 0) is 4.79 Å². The molecule has 0 atom stereocenters. The van der Waals surface area contributed by atoms with Crippen LogP contribution in [0.25, 0.3) is 39.8 Å². The van der Waals surface area contributed by atoms with Crippen LogP contribution < -0.4 is 10.6 Å². The third-order valence-electron chi connectivity index (χ3n) is 5.13. The summed E-state index contributed by atoms with van der Waals surface area (Å²) in [5.74, 6) is 1.76. The molecule has 6 nitrogen and oxygen atoms in total. The van der Waals surface area contributed by atoms with E-state index in [2.05, 4.69) is 20.6 Å². The molecule has 0 bridgehead atoms. The lowest BCUT2D eigenvalue weighted by molar-refractivity contribution is -0.115. The van der Waals surface area contributed by atoms with Gasteiger partial charge in [0.15, 0.2) is 5.11 Å². The summed E-state index contributed by atoms with van der Waals surface area (Å²) in [4.78, 5) is 20.1. The second kappa shape index (κ2) is 9.56. The third kappa shape index (κ3) is 4.95. The Morgan fingerprint density at radius 2 is 1.65 bits per heavy atom. The monoisotopic (exact) mass is 464 g/mol. The van der Waals surface area contributed by atoms with Gasteiger partial charge in [-0.3, -0.25) is 10.1 Å². The quantitative estimate of drug-likeness (QED) is 0.219. The van der Waals surface area contributed by atoms with Gasteiger partial charge in [-0.15, -0.1) is 0 Å². The standard InChI is InChI=1S/C27H20N4O2S/c32-25(17-15-21-14-16-24(33-21)18-6-2-1-3-7-18)31-27(34)28-20-12-10-19(11-13-20)26-29-22-8-4-5-9-23(22)30-26/h1-17H,(H,29,30)(H2,28,31,32,34)/b17-15+. The molecule has 3 aromatic carbocycles. The molecule has 2 aromatic heterocycles. The molecule has 0 saturated carbocycles. The molecular formula is C27H20N4O2S. The van der Waals surface area contributed by atoms with Gasteiger partial charge in [-0.1, -0.05) is 42.5 Å². The molecule has 5 rings (SSSR count). The molecule has 0 radical (unpaired) electrons. The summed E-state index contributed by atoms with van der Waals surface area (Å²) in [6.07, 6.45) is 2.98. The first-order valence-electron chi connectivity index (χ1n) is 10.6. The maximum atomic E-state index is 12.2. The zero-order chi connectivity index (χ0) is 23.3. The van der Waals surface area contributed by atoms with E-state index in [0.717, 1.165) is 39.4 Å². The number of rotatable bonds is 5. The number of para-hydroxylation sites is 2. The molecule has 7 heteroatoms. The highest BCUT2D eigenvalue weighted by Crippen LogP contribution is 2.23. The minimum Gasteiger partial charge on any atom is -0.457 e. The molecule has 2 heterocycles. The fourth-order valence-corrected chi connectivity index (χ4v) is 3.69. The number of anilines is 1. The average Bonchev–Trinajstić information content (AvgIpc) is 3.51. The lowest BCUT2D eigenvalue weighted by atomic mass is 10.2. The van der Waals surface area contributed by atoms with Gasteiger partial charge in [0.1, 0.15) is 17.3 Å². The van der Waals surface area contributed by atoms with Gasteiger partial charge < -0.3 is 14.7 Å². The number of hydrogen-bond acceptors (Lipinski definition) is 4. The number of fused-ring (bicyclic) bond motifs is 1. The van der Waals surface area contributed by atoms with E-state index in [9.17, 15) is 4.79 Å². The molecule has 0 spiro atoms. The summed E-state index contributed by atoms with van der Waals surface area (Å²) in [6.45, 7) is 0. The van der Waals surface area contributed by atoms with Gasteiger partial charge in [-0.2, -0.15) is 0 Å². The van der Waals surface area contributed by atoms with Crippen molar-refractivity contribution >= 4 is 46.0 Å². The fourth-order valence-electron chi connectivity index (χ4n) is 3.47. The predicted molar refractivity (Wildman–Crippen MR) is 139 cm³/mol. The molecule has 1 amide bonds. The molecule has 0 saturated heterocycles. The maximum Gasteiger partial charge on any atom is 0.250 e. The second-order valence-electron chi connectivity index (χ2n) is 7.52. The Hall–Kier alpha value is -4.49. The van der Waals surface area contributed by atoms with E-state index >= 15 is 0 Å². The first-order chi connectivity index (χ1) is 16.6. The van der Waals surface area contributed by atoms with E-state index in [1.807, 2.05) is 91.0 Å². The zero-order valence-electron chi connectivity index (χ0n) is 18.0. The number of thiocarbonyl (C=S) groups is 1. The lowest BCUT2D eigenvalue weighted by Gasteiger charge is -2.08. The Bertz CT molecular complexity index is 1450. The van der Waals surface area contributed by atoms with Crippen molar-refractivity contribution in [3.8, 4) is 22.7 Å². The van der Waals surface area contributed by atoms with Gasteiger partial charge in [0.2, 0.25) is 5.91 Å². The van der Waals surface area contributed by atoms with Crippen LogP contribution in [0.4, 0.5) is 5.69 Å². The summed E-state index contributed by atoms with van der Waals surface area (Å²) in [5.41, 5.74) is 4.59. The minimum atomic E-state index is -0.353. The molecule has 0 aliphatic rings. The number of nitrogens with zero attached hydrogens (tertiary/aromatic N) is 1. The number of hydrogen-bond donors (Lipinski definition) is 3. The minimum absolute atomic E-state index is 0.204. The largest absolute Gasteiger partial charge is 0.457 e. The molecule has 0 unspecified atom stereocenters. The Labute approximate surface area is 201 Å². The van der Waals surface area contributed by atoms with Crippen molar-refractivity contribution in [1.29, 1.82) is 0 Å². The molecule has 34 heavy (non-hydrogen) atoms. The number of imidazole rings is 1. The number of benzene rings is 3. The van der Waals surface area contributed by atoms with Crippen molar-refractivity contribution in [2.45, 2.75) is 0 Å². The van der Waals surface area contributed by atoms with Crippen molar-refractivity contribution in [3.05, 3.63) is 103 Å². The van der Waals surface area contributed by atoms with Crippen molar-refractivity contribution in [1.82, 2.24) is 15.3 Å². The molecule has 5 aromatic rings. The Morgan fingerprint density at radius 1 is 0.882 bits per heavy atom. The van der Waals surface area contributed by atoms with E-state index in [1.54, 1.807) is 6.08 Å². The summed E-state index contributed by atoms with van der Waals surface area (Å²) < 4.78 is 5.76. The summed E-state index contributed by atoms with van der Waals surface area (Å²) in [6, 6.07) is 29.0. The van der Waals surface area contributed by atoms with Crippen LogP contribution in [0.15, 0.2) is 101 Å². The number of aromatic nitrogens is 2. The molecule has 0 aliphatic heterocycles. The average molecular weight is 465 g/mol. The highest BCUT2D eigenvalue weighted by atomic mass is 32.1. The number of furan rings is 1. The van der Waals surface area contributed by atoms with Gasteiger partial charge >= 0.3 is 0 Å². The fraction of sp³-hybridized carbons (Fsp3) is 0. The van der Waals surface area contributed by atoms with Gasteiger partial charge in [0, 0.05) is 22.9 Å². The summed E-state index contributed by atoms with van der Waals surface area (Å²) in [7, 11) is 0. The molecular weight excluding hydrogens is 444 g/mol. The Balaban J connectivity index is 1.16. The molecule has 3 N–H and O–H groups in total. The van der Waals surface area contributed by atoms with E-state index in [1.165, 1.54) is 6.08 Å². The smallest absolute Gasteiger partial charge is 0.250 e. The van der Waals surface area contributed by atoms with Crippen LogP contribution >= 0.6 is 12.2 Å². The highest BCUT2D eigenvalue weighted by molar-refractivity contribution is 7.80. The first-order valence-corrected chi connectivity index (χ1v) is 11.1. The Kier molecular flexibility index (Phi) is 6.01. The summed E-state index contributed by atoms with van der Waals surface area (Å²) in [5, 5.41) is 5.85. The first kappa shape index (κ1) is 21.4. The van der Waals surface area contributed by atoms with Crippen molar-refractivity contribution in [2.75, 3.05) is 5.32 Å². The second-order valence-corrected chi connectivity index (χ2v) is 7.93. The SMILES string of the molecule is O=C(/C=C/c1ccc(-c2ccccc2)o1)NC(=S)Nc1ccc(-c2nc3ccccc3[nH]2)cc1. The highest BCUT2D eigenvalue weighted by Gasteiger charge is 2.07. The lowest BCUT2D eigenvalue weighted by Crippen LogP contribution is -2.32. The van der Waals surface area contributed by atoms with Crippen LogP contribution in [0.2, 0.25) is 0 Å². The summed E-state index contributed by atoms with van der Waals surface area (Å²) >= 11 is 5.26. The maximum absolute atomic E-state index is 12.2. The van der Waals surface area contributed by atoms with Crippen molar-refractivity contribution in [2.24, 2.45) is 0 Å². The van der Waals surface area contributed by atoms with Gasteiger partial charge in [0.05, 0.1) is 11.0 Å². The number of nitrogens with one attached hydrogen (secondary N) is 3. The number of carbonyl (C=O) groups is 1. The van der Waals surface area contributed by atoms with Crippen LogP contribution in [0.1, 0.15) is 5.76 Å². The van der Waals surface area contributed by atoms with E-state index in [0.29, 0.717) is 5.76 Å². The van der Waals surface area contributed by atoms with Crippen LogP contribution in [0.5, 0.6) is 0 Å². The van der Waals surface area contributed by atoms with E-state index in [-0.39, 0.29) is 11.0 Å². The van der Waals surface area contributed by atoms with Crippen molar-refractivity contribution < 1.29 is 9.21 Å². The zero-order valence-corrected chi connectivity index (χ0v) is 18.8. The van der Waals surface area contributed by atoms with E-state index < -0.39 is 0 Å². The molecule has 0 fully saturated rings. The number of amides is 1. The number of carbonyl (C=O) groups excluding carboxylic acids is 1. The Morgan fingerprint density at radius 3 is 2.44 bits per heavy atom. The molecule has 166 valence electrons. The van der Waals surface area contributed by atoms with Gasteiger partial charge in [-0.05, 0) is 66.8 Å². The topological polar surface area (TPSA) is 82.9 Å².